The first-order valence-electron chi connectivity index (χ1n) is 12.2. The van der Waals surface area contributed by atoms with E-state index in [4.69, 9.17) is 20.3 Å². The van der Waals surface area contributed by atoms with Crippen molar-refractivity contribution in [2.24, 2.45) is 5.73 Å². The van der Waals surface area contributed by atoms with Gasteiger partial charge in [-0.15, -0.1) is 0 Å². The van der Waals surface area contributed by atoms with Crippen LogP contribution in [0.4, 0.5) is 0 Å². The molecule has 196 valence electrons. The SMILES string of the molecule is CC(C)(C)OC(=O)c1ccc(OCCCCCCCCCC(=O)N[C@@H](CCC(=O)O)C(N)=O)cc1. The van der Waals surface area contributed by atoms with E-state index in [0.29, 0.717) is 18.6 Å². The molecule has 9 nitrogen and oxygen atoms in total. The molecule has 4 N–H and O–H groups in total. The molecular formula is C26H40N2O7. The zero-order valence-corrected chi connectivity index (χ0v) is 21.1. The van der Waals surface area contributed by atoms with Gasteiger partial charge in [0.15, 0.2) is 0 Å². The average molecular weight is 493 g/mol. The number of carbonyl (C=O) groups excluding carboxylic acids is 3. The highest BCUT2D eigenvalue weighted by atomic mass is 16.6. The van der Waals surface area contributed by atoms with Crippen molar-refractivity contribution < 1.29 is 33.8 Å². The lowest BCUT2D eigenvalue weighted by Gasteiger charge is -2.19. The van der Waals surface area contributed by atoms with Crippen LogP contribution in [0.25, 0.3) is 0 Å². The van der Waals surface area contributed by atoms with Crippen LogP contribution < -0.4 is 15.8 Å². The number of carboxylic acids is 1. The third-order valence-electron chi connectivity index (χ3n) is 5.13. The fourth-order valence-corrected chi connectivity index (χ4v) is 3.31. The summed E-state index contributed by atoms with van der Waals surface area (Å²) in [5.41, 5.74) is 5.18. The van der Waals surface area contributed by atoms with E-state index in [1.165, 1.54) is 0 Å². The second-order valence-electron chi connectivity index (χ2n) is 9.55. The summed E-state index contributed by atoms with van der Waals surface area (Å²) in [4.78, 5) is 45.9. The molecule has 0 bridgehead atoms. The Morgan fingerprint density at radius 2 is 1.49 bits per heavy atom. The zero-order valence-electron chi connectivity index (χ0n) is 21.1. The minimum atomic E-state index is -1.04. The quantitative estimate of drug-likeness (QED) is 0.220. The number of amides is 2. The first kappa shape index (κ1) is 29.9. The summed E-state index contributed by atoms with van der Waals surface area (Å²) in [5, 5.41) is 11.2. The van der Waals surface area contributed by atoms with Crippen LogP contribution >= 0.6 is 0 Å². The molecular weight excluding hydrogens is 452 g/mol. The summed E-state index contributed by atoms with van der Waals surface area (Å²) in [5.74, 6) is -1.67. The Balaban J connectivity index is 2.08. The number of rotatable bonds is 17. The highest BCUT2D eigenvalue weighted by Gasteiger charge is 2.19. The minimum absolute atomic E-state index is 0.00247. The van der Waals surface area contributed by atoms with Gasteiger partial charge in [0.05, 0.1) is 12.2 Å². The number of hydrogen-bond acceptors (Lipinski definition) is 6. The third-order valence-corrected chi connectivity index (χ3v) is 5.13. The van der Waals surface area contributed by atoms with Gasteiger partial charge >= 0.3 is 11.9 Å². The van der Waals surface area contributed by atoms with Crippen LogP contribution in [0.15, 0.2) is 24.3 Å². The number of primary amides is 1. The van der Waals surface area contributed by atoms with Gasteiger partial charge in [0, 0.05) is 12.8 Å². The van der Waals surface area contributed by atoms with Gasteiger partial charge in [-0.3, -0.25) is 14.4 Å². The third kappa shape index (κ3) is 14.7. The Morgan fingerprint density at radius 3 is 2.03 bits per heavy atom. The van der Waals surface area contributed by atoms with Crippen molar-refractivity contribution in [1.82, 2.24) is 5.32 Å². The van der Waals surface area contributed by atoms with Crippen molar-refractivity contribution in [3.63, 3.8) is 0 Å². The maximum Gasteiger partial charge on any atom is 0.338 e. The Labute approximate surface area is 207 Å². The predicted molar refractivity (Wildman–Crippen MR) is 132 cm³/mol. The molecule has 9 heteroatoms. The van der Waals surface area contributed by atoms with Crippen LogP contribution in [-0.2, 0) is 19.1 Å². The van der Waals surface area contributed by atoms with Crippen LogP contribution in [0.3, 0.4) is 0 Å². The monoisotopic (exact) mass is 492 g/mol. The minimum Gasteiger partial charge on any atom is -0.494 e. The normalized spacial score (nSPS) is 12.0. The van der Waals surface area contributed by atoms with Gasteiger partial charge in [-0.05, 0) is 64.3 Å². The van der Waals surface area contributed by atoms with Crippen molar-refractivity contribution in [3.05, 3.63) is 29.8 Å². The lowest BCUT2D eigenvalue weighted by atomic mass is 10.1. The highest BCUT2D eigenvalue weighted by molar-refractivity contribution is 5.89. The van der Waals surface area contributed by atoms with Gasteiger partial charge in [0.2, 0.25) is 11.8 Å². The molecule has 1 aromatic carbocycles. The molecule has 35 heavy (non-hydrogen) atoms. The first-order valence-corrected chi connectivity index (χ1v) is 12.2. The number of hydrogen-bond donors (Lipinski definition) is 3. The summed E-state index contributed by atoms with van der Waals surface area (Å²) >= 11 is 0. The lowest BCUT2D eigenvalue weighted by molar-refractivity contribution is -0.137. The van der Waals surface area contributed by atoms with E-state index in [0.717, 1.165) is 44.3 Å². The topological polar surface area (TPSA) is 145 Å². The van der Waals surface area contributed by atoms with E-state index in [9.17, 15) is 19.2 Å². The molecule has 1 rings (SSSR count). The number of carbonyl (C=O) groups is 4. The molecule has 0 saturated carbocycles. The van der Waals surface area contributed by atoms with E-state index < -0.39 is 23.5 Å². The fraction of sp³-hybridized carbons (Fsp3) is 0.615. The molecule has 0 fully saturated rings. The van der Waals surface area contributed by atoms with Gasteiger partial charge in [-0.1, -0.05) is 32.1 Å². The largest absolute Gasteiger partial charge is 0.494 e. The van der Waals surface area contributed by atoms with E-state index >= 15 is 0 Å². The molecule has 0 aromatic heterocycles. The van der Waals surface area contributed by atoms with E-state index in [2.05, 4.69) is 5.32 Å². The molecule has 0 unspecified atom stereocenters. The van der Waals surface area contributed by atoms with Crippen molar-refractivity contribution in [2.45, 2.75) is 96.6 Å². The number of nitrogens with one attached hydrogen (secondary N) is 1. The Kier molecular flexibility index (Phi) is 13.5. The number of ether oxygens (including phenoxy) is 2. The summed E-state index contributed by atoms with van der Waals surface area (Å²) in [6.45, 7) is 6.10. The maximum absolute atomic E-state index is 12.0. The van der Waals surface area contributed by atoms with Gasteiger partial charge in [0.1, 0.15) is 17.4 Å². The molecule has 0 saturated heterocycles. The van der Waals surface area contributed by atoms with Crippen molar-refractivity contribution in [3.8, 4) is 5.75 Å². The van der Waals surface area contributed by atoms with Crippen LogP contribution in [0.5, 0.6) is 5.75 Å². The van der Waals surface area contributed by atoms with Gasteiger partial charge in [0.25, 0.3) is 0 Å². The van der Waals surface area contributed by atoms with E-state index in [1.807, 2.05) is 20.8 Å². The molecule has 0 spiro atoms. The number of esters is 1. The van der Waals surface area contributed by atoms with Crippen molar-refractivity contribution in [2.75, 3.05) is 6.61 Å². The van der Waals surface area contributed by atoms with Crippen molar-refractivity contribution >= 4 is 23.8 Å². The molecule has 0 radical (unpaired) electrons. The van der Waals surface area contributed by atoms with Gasteiger partial charge in [-0.2, -0.15) is 0 Å². The molecule has 0 aliphatic carbocycles. The standard InChI is InChI=1S/C26H40N2O7/c1-26(2,3)35-25(33)19-12-14-20(15-13-19)34-18-10-8-6-4-5-7-9-11-22(29)28-21(24(27)32)16-17-23(30)31/h12-15,21H,4-11,16-18H2,1-3H3,(H2,27,32)(H,28,29)(H,30,31)/t21-/m0/s1. The second-order valence-corrected chi connectivity index (χ2v) is 9.55. The molecule has 1 atom stereocenters. The summed E-state index contributed by atoms with van der Waals surface area (Å²) in [7, 11) is 0. The second kappa shape index (κ2) is 15.7. The van der Waals surface area contributed by atoms with E-state index in [-0.39, 0.29) is 31.1 Å². The molecule has 1 aromatic rings. The van der Waals surface area contributed by atoms with Crippen molar-refractivity contribution in [1.29, 1.82) is 0 Å². The number of carboxylic acid groups (broad SMARTS) is 1. The molecule has 0 aliphatic heterocycles. The Morgan fingerprint density at radius 1 is 0.914 bits per heavy atom. The van der Waals surface area contributed by atoms with Gasteiger partial charge < -0.3 is 25.6 Å². The molecule has 0 heterocycles. The van der Waals surface area contributed by atoms with Gasteiger partial charge in [-0.25, -0.2) is 4.79 Å². The van der Waals surface area contributed by atoms with Crippen LogP contribution in [-0.4, -0.2) is 47.1 Å². The Hall–Kier alpha value is -3.10. The highest BCUT2D eigenvalue weighted by Crippen LogP contribution is 2.17. The number of nitrogens with two attached hydrogens (primary N) is 1. The summed E-state index contributed by atoms with van der Waals surface area (Å²) in [6.07, 6.45) is 6.80. The first-order chi connectivity index (χ1) is 16.5. The van der Waals surface area contributed by atoms with Crippen LogP contribution in [0.2, 0.25) is 0 Å². The smallest absolute Gasteiger partial charge is 0.338 e. The number of aliphatic carboxylic acids is 1. The number of benzene rings is 1. The summed E-state index contributed by atoms with van der Waals surface area (Å²) in [6, 6.07) is 6.01. The number of unbranched alkanes of at least 4 members (excludes halogenated alkanes) is 6. The molecule has 0 aliphatic rings. The summed E-state index contributed by atoms with van der Waals surface area (Å²) < 4.78 is 11.1. The van der Waals surface area contributed by atoms with Crippen LogP contribution in [0.1, 0.15) is 95.3 Å². The average Bonchev–Trinajstić information content (AvgIpc) is 2.76. The van der Waals surface area contributed by atoms with E-state index in [1.54, 1.807) is 24.3 Å². The predicted octanol–water partition coefficient (Wildman–Crippen LogP) is 3.98. The molecule has 2 amide bonds. The zero-order chi connectivity index (χ0) is 26.3. The maximum atomic E-state index is 12.0. The Bertz CT molecular complexity index is 816. The van der Waals surface area contributed by atoms with Crippen LogP contribution in [0, 0.1) is 0 Å². The fourth-order valence-electron chi connectivity index (χ4n) is 3.31. The lowest BCUT2D eigenvalue weighted by Crippen LogP contribution is -2.44.